The van der Waals surface area contributed by atoms with Gasteiger partial charge in [-0.1, -0.05) is 17.7 Å². The van der Waals surface area contributed by atoms with Crippen LogP contribution in [0.3, 0.4) is 0 Å². The van der Waals surface area contributed by atoms with Crippen LogP contribution >= 0.6 is 11.6 Å². The molecule has 4 rings (SSSR count). The van der Waals surface area contributed by atoms with Gasteiger partial charge in [-0.15, -0.1) is 0 Å². The lowest BCUT2D eigenvalue weighted by Crippen LogP contribution is -2.16. The molecule has 0 aliphatic heterocycles. The van der Waals surface area contributed by atoms with Gasteiger partial charge in [0.15, 0.2) is 5.78 Å². The third kappa shape index (κ3) is 3.77. The van der Waals surface area contributed by atoms with E-state index < -0.39 is 11.7 Å². The Labute approximate surface area is 175 Å². The third-order valence-corrected chi connectivity index (χ3v) is 4.92. The normalized spacial score (nSPS) is 10.9. The lowest BCUT2D eigenvalue weighted by atomic mass is 10.1. The van der Waals surface area contributed by atoms with E-state index in [1.54, 1.807) is 24.0 Å². The van der Waals surface area contributed by atoms with Crippen LogP contribution in [0.4, 0.5) is 10.1 Å². The van der Waals surface area contributed by atoms with Gasteiger partial charge in [-0.25, -0.2) is 14.4 Å². The molecule has 0 radical (unpaired) electrons. The maximum Gasteiger partial charge on any atom is 0.229 e. The first-order valence-corrected chi connectivity index (χ1v) is 9.29. The van der Waals surface area contributed by atoms with E-state index in [2.05, 4.69) is 20.3 Å². The number of aromatic nitrogens is 4. The molecular formula is C21H15ClFN5O2. The van der Waals surface area contributed by atoms with Crippen molar-refractivity contribution in [3.05, 3.63) is 82.9 Å². The molecule has 0 saturated heterocycles. The largest absolute Gasteiger partial charge is 0.335 e. The van der Waals surface area contributed by atoms with Gasteiger partial charge >= 0.3 is 0 Å². The number of pyridine rings is 1. The standard InChI is InChI=1S/C21H15ClFN5O2/c1-28-10-16(15-9-25-11-26-21(15)28)20(30)12-5-13(8-24-7-12)27-19(29)6-14-17(22)3-2-4-18(14)23/h2-5,7-11H,6H2,1H3,(H,27,29). The van der Waals surface area contributed by atoms with Crippen LogP contribution in [0, 0.1) is 5.82 Å². The predicted molar refractivity (Wildman–Crippen MR) is 110 cm³/mol. The second-order valence-corrected chi connectivity index (χ2v) is 7.04. The van der Waals surface area contributed by atoms with Crippen LogP contribution in [0.5, 0.6) is 0 Å². The summed E-state index contributed by atoms with van der Waals surface area (Å²) >= 11 is 5.97. The lowest BCUT2D eigenvalue weighted by Gasteiger charge is -2.08. The van der Waals surface area contributed by atoms with E-state index in [0.29, 0.717) is 22.3 Å². The molecule has 0 aliphatic carbocycles. The molecule has 1 aromatic carbocycles. The highest BCUT2D eigenvalue weighted by atomic mass is 35.5. The van der Waals surface area contributed by atoms with Gasteiger partial charge in [0.25, 0.3) is 0 Å². The zero-order valence-corrected chi connectivity index (χ0v) is 16.5. The number of benzene rings is 1. The van der Waals surface area contributed by atoms with Gasteiger partial charge < -0.3 is 9.88 Å². The fraction of sp³-hybridized carbons (Fsp3) is 0.0952. The molecule has 150 valence electrons. The van der Waals surface area contributed by atoms with Crippen molar-refractivity contribution in [3.63, 3.8) is 0 Å². The Morgan fingerprint density at radius 2 is 2.03 bits per heavy atom. The van der Waals surface area contributed by atoms with Crippen molar-refractivity contribution in [1.82, 2.24) is 19.5 Å². The minimum absolute atomic E-state index is 0.104. The molecule has 0 fully saturated rings. The molecule has 3 heterocycles. The molecule has 3 aromatic heterocycles. The highest BCUT2D eigenvalue weighted by Crippen LogP contribution is 2.23. The number of hydrogen-bond acceptors (Lipinski definition) is 5. The van der Waals surface area contributed by atoms with E-state index in [0.717, 1.165) is 0 Å². The Morgan fingerprint density at radius 1 is 1.20 bits per heavy atom. The first-order chi connectivity index (χ1) is 14.4. The number of anilines is 1. The van der Waals surface area contributed by atoms with E-state index >= 15 is 0 Å². The Balaban J connectivity index is 1.56. The van der Waals surface area contributed by atoms with Crippen LogP contribution < -0.4 is 5.32 Å². The van der Waals surface area contributed by atoms with Gasteiger partial charge in [0.2, 0.25) is 5.91 Å². The number of ketones is 1. The van der Waals surface area contributed by atoms with E-state index in [9.17, 15) is 14.0 Å². The summed E-state index contributed by atoms with van der Waals surface area (Å²) in [6, 6.07) is 5.74. The second-order valence-electron chi connectivity index (χ2n) is 6.63. The van der Waals surface area contributed by atoms with Crippen LogP contribution in [0.1, 0.15) is 21.5 Å². The molecule has 0 bridgehead atoms. The number of fused-ring (bicyclic) bond motifs is 1. The maximum atomic E-state index is 13.9. The molecule has 30 heavy (non-hydrogen) atoms. The van der Waals surface area contributed by atoms with Crippen molar-refractivity contribution >= 4 is 40.0 Å². The zero-order valence-electron chi connectivity index (χ0n) is 15.8. The fourth-order valence-electron chi connectivity index (χ4n) is 3.15. The van der Waals surface area contributed by atoms with Gasteiger partial charge in [-0.3, -0.25) is 14.6 Å². The molecule has 0 unspecified atom stereocenters. The lowest BCUT2D eigenvalue weighted by molar-refractivity contribution is -0.115. The number of amides is 1. The number of rotatable bonds is 5. The second kappa shape index (κ2) is 8.00. The van der Waals surface area contributed by atoms with E-state index in [4.69, 9.17) is 11.6 Å². The number of halogens is 2. The average Bonchev–Trinajstić information content (AvgIpc) is 3.07. The summed E-state index contributed by atoms with van der Waals surface area (Å²) in [7, 11) is 1.79. The summed E-state index contributed by atoms with van der Waals surface area (Å²) in [5, 5.41) is 3.42. The number of aryl methyl sites for hydroxylation is 1. The van der Waals surface area contributed by atoms with Gasteiger partial charge in [0.1, 0.15) is 17.8 Å². The fourth-order valence-corrected chi connectivity index (χ4v) is 3.38. The van der Waals surface area contributed by atoms with Crippen molar-refractivity contribution in [2.45, 2.75) is 6.42 Å². The average molecular weight is 424 g/mol. The molecule has 4 aromatic rings. The van der Waals surface area contributed by atoms with Crippen molar-refractivity contribution in [3.8, 4) is 0 Å². The van der Waals surface area contributed by atoms with Gasteiger partial charge in [-0.05, 0) is 18.2 Å². The van der Waals surface area contributed by atoms with Crippen molar-refractivity contribution in [2.24, 2.45) is 7.05 Å². The molecule has 7 nitrogen and oxygen atoms in total. The minimum atomic E-state index is -0.558. The summed E-state index contributed by atoms with van der Waals surface area (Å²) in [5.74, 6) is -1.32. The minimum Gasteiger partial charge on any atom is -0.335 e. The number of nitrogens with one attached hydrogen (secondary N) is 1. The number of carbonyl (C=O) groups excluding carboxylic acids is 2. The smallest absolute Gasteiger partial charge is 0.229 e. The van der Waals surface area contributed by atoms with Crippen LogP contribution in [-0.4, -0.2) is 31.2 Å². The Kier molecular flexibility index (Phi) is 5.24. The SMILES string of the molecule is Cn1cc(C(=O)c2cncc(NC(=O)Cc3c(F)cccc3Cl)c2)c2cncnc21. The topological polar surface area (TPSA) is 89.8 Å². The predicted octanol–water partition coefficient (Wildman–Crippen LogP) is 3.57. The monoisotopic (exact) mass is 423 g/mol. The maximum absolute atomic E-state index is 13.9. The van der Waals surface area contributed by atoms with Crippen LogP contribution in [0.15, 0.2) is 55.4 Å². The molecule has 1 amide bonds. The molecule has 0 spiro atoms. The summed E-state index contributed by atoms with van der Waals surface area (Å²) in [4.78, 5) is 37.5. The Bertz CT molecular complexity index is 1270. The quantitative estimate of drug-likeness (QED) is 0.496. The van der Waals surface area contributed by atoms with Crippen LogP contribution in [0.25, 0.3) is 11.0 Å². The number of hydrogen-bond donors (Lipinski definition) is 1. The Hall–Kier alpha value is -3.65. The summed E-state index contributed by atoms with van der Waals surface area (Å²) < 4.78 is 15.6. The molecular weight excluding hydrogens is 409 g/mol. The molecule has 1 N–H and O–H groups in total. The van der Waals surface area contributed by atoms with E-state index in [1.165, 1.54) is 43.0 Å². The summed E-state index contributed by atoms with van der Waals surface area (Å²) in [6.07, 6.45) is 7.23. The highest BCUT2D eigenvalue weighted by Gasteiger charge is 2.18. The van der Waals surface area contributed by atoms with Crippen molar-refractivity contribution < 1.29 is 14.0 Å². The number of nitrogens with zero attached hydrogens (tertiary/aromatic N) is 4. The van der Waals surface area contributed by atoms with Gasteiger partial charge in [0.05, 0.1) is 23.9 Å². The van der Waals surface area contributed by atoms with Gasteiger partial charge in [-0.2, -0.15) is 0 Å². The van der Waals surface area contributed by atoms with Gasteiger partial charge in [0, 0.05) is 47.2 Å². The highest BCUT2D eigenvalue weighted by molar-refractivity contribution is 6.31. The first kappa shape index (κ1) is 19.7. The molecule has 0 atom stereocenters. The summed E-state index contributed by atoms with van der Waals surface area (Å²) in [5.41, 5.74) is 1.76. The van der Waals surface area contributed by atoms with E-state index in [-0.39, 0.29) is 28.4 Å². The number of carbonyl (C=O) groups is 2. The third-order valence-electron chi connectivity index (χ3n) is 4.57. The first-order valence-electron chi connectivity index (χ1n) is 8.91. The molecule has 9 heteroatoms. The van der Waals surface area contributed by atoms with Crippen LogP contribution in [0.2, 0.25) is 5.02 Å². The van der Waals surface area contributed by atoms with Crippen molar-refractivity contribution in [2.75, 3.05) is 5.32 Å². The molecule has 0 saturated carbocycles. The van der Waals surface area contributed by atoms with Crippen molar-refractivity contribution in [1.29, 1.82) is 0 Å². The zero-order chi connectivity index (χ0) is 21.3. The van der Waals surface area contributed by atoms with Crippen LogP contribution in [-0.2, 0) is 18.3 Å². The molecule has 0 aliphatic rings. The Morgan fingerprint density at radius 3 is 2.83 bits per heavy atom. The van der Waals surface area contributed by atoms with E-state index in [1.807, 2.05) is 0 Å². The summed E-state index contributed by atoms with van der Waals surface area (Å²) in [6.45, 7) is 0.